The van der Waals surface area contributed by atoms with Gasteiger partial charge in [0.2, 0.25) is 0 Å². The molecule has 112 valence electrons. The lowest BCUT2D eigenvalue weighted by molar-refractivity contribution is 0.723. The van der Waals surface area contributed by atoms with Gasteiger partial charge in [-0.05, 0) is 42.8 Å². The molecule has 0 aliphatic rings. The third-order valence-electron chi connectivity index (χ3n) is 3.52. The van der Waals surface area contributed by atoms with Crippen molar-refractivity contribution in [3.8, 4) is 0 Å². The molecule has 2 aromatic carbocycles. The zero-order chi connectivity index (χ0) is 15.2. The van der Waals surface area contributed by atoms with Crippen molar-refractivity contribution in [3.63, 3.8) is 0 Å². The molecule has 0 amide bonds. The monoisotopic (exact) mass is 346 g/mol. The van der Waals surface area contributed by atoms with E-state index in [0.717, 1.165) is 24.1 Å². The predicted molar refractivity (Wildman–Crippen MR) is 94.8 cm³/mol. The van der Waals surface area contributed by atoms with Crippen LogP contribution in [0.15, 0.2) is 46.9 Å². The highest BCUT2D eigenvalue weighted by atomic mass is 79.9. The molecular formula is C18H23BrN2. The summed E-state index contributed by atoms with van der Waals surface area (Å²) in [4.78, 5) is 2.31. The normalized spacial score (nSPS) is 10.7. The topological polar surface area (TPSA) is 15.3 Å². The first-order chi connectivity index (χ1) is 10.1. The van der Waals surface area contributed by atoms with Gasteiger partial charge in [-0.15, -0.1) is 0 Å². The summed E-state index contributed by atoms with van der Waals surface area (Å²) in [5.74, 6) is 0. The Hall–Kier alpha value is -1.32. The lowest BCUT2D eigenvalue weighted by Crippen LogP contribution is -2.20. The zero-order valence-electron chi connectivity index (χ0n) is 13.0. The average molecular weight is 347 g/mol. The molecule has 21 heavy (non-hydrogen) atoms. The van der Waals surface area contributed by atoms with E-state index in [2.05, 4.69) is 89.5 Å². The number of hydrogen-bond acceptors (Lipinski definition) is 2. The fourth-order valence-corrected chi connectivity index (χ4v) is 2.91. The van der Waals surface area contributed by atoms with Gasteiger partial charge < -0.3 is 10.2 Å². The average Bonchev–Trinajstić information content (AvgIpc) is 2.45. The van der Waals surface area contributed by atoms with Crippen molar-refractivity contribution >= 4 is 21.6 Å². The van der Waals surface area contributed by atoms with E-state index >= 15 is 0 Å². The first kappa shape index (κ1) is 16.1. The van der Waals surface area contributed by atoms with E-state index in [0.29, 0.717) is 0 Å². The van der Waals surface area contributed by atoms with Crippen molar-refractivity contribution in [2.75, 3.05) is 18.5 Å². The van der Waals surface area contributed by atoms with Crippen molar-refractivity contribution < 1.29 is 0 Å². The second kappa shape index (κ2) is 7.62. The number of nitrogens with one attached hydrogen (secondary N) is 1. The fraction of sp³-hybridized carbons (Fsp3) is 0.333. The number of hydrogen-bond donors (Lipinski definition) is 1. The molecule has 2 aromatic rings. The summed E-state index contributed by atoms with van der Waals surface area (Å²) in [5.41, 5.74) is 5.25. The van der Waals surface area contributed by atoms with E-state index in [1.807, 2.05) is 0 Å². The van der Waals surface area contributed by atoms with E-state index in [-0.39, 0.29) is 0 Å². The molecule has 2 nitrogen and oxygen atoms in total. The second-order valence-corrected chi connectivity index (χ2v) is 6.31. The Balaban J connectivity index is 2.19. The van der Waals surface area contributed by atoms with Crippen LogP contribution in [0.3, 0.4) is 0 Å². The summed E-state index contributed by atoms with van der Waals surface area (Å²) in [5, 5.41) is 3.41. The minimum absolute atomic E-state index is 0.892. The lowest BCUT2D eigenvalue weighted by Gasteiger charge is -2.23. The number of anilines is 1. The van der Waals surface area contributed by atoms with Gasteiger partial charge in [0, 0.05) is 30.3 Å². The Morgan fingerprint density at radius 2 is 1.95 bits per heavy atom. The molecule has 0 saturated carbocycles. The first-order valence-electron chi connectivity index (χ1n) is 7.36. The van der Waals surface area contributed by atoms with Gasteiger partial charge in [0.25, 0.3) is 0 Å². The van der Waals surface area contributed by atoms with Crippen LogP contribution in [-0.4, -0.2) is 13.6 Å². The van der Waals surface area contributed by atoms with Crippen molar-refractivity contribution in [2.45, 2.75) is 26.9 Å². The molecule has 0 atom stereocenters. The third-order valence-corrected chi connectivity index (χ3v) is 4.01. The second-order valence-electron chi connectivity index (χ2n) is 5.40. The molecule has 0 aromatic heterocycles. The Morgan fingerprint density at radius 3 is 2.67 bits per heavy atom. The van der Waals surface area contributed by atoms with Crippen LogP contribution in [0, 0.1) is 6.92 Å². The SMILES string of the molecule is CCNCc1cc(Br)ccc1N(C)Cc1cccc(C)c1. The molecule has 0 spiro atoms. The molecule has 0 aliphatic carbocycles. The van der Waals surface area contributed by atoms with Crippen molar-refractivity contribution in [1.29, 1.82) is 0 Å². The standard InChI is InChI=1S/C18H23BrN2/c1-4-20-12-16-11-17(19)8-9-18(16)21(3)13-15-7-5-6-14(2)10-15/h5-11,20H,4,12-13H2,1-3H3. The van der Waals surface area contributed by atoms with Crippen molar-refractivity contribution in [2.24, 2.45) is 0 Å². The minimum atomic E-state index is 0.892. The third kappa shape index (κ3) is 4.58. The smallest absolute Gasteiger partial charge is 0.0426 e. The highest BCUT2D eigenvalue weighted by Crippen LogP contribution is 2.25. The molecule has 1 N–H and O–H groups in total. The lowest BCUT2D eigenvalue weighted by atomic mass is 10.1. The molecule has 0 saturated heterocycles. The highest BCUT2D eigenvalue weighted by Gasteiger charge is 2.08. The molecule has 3 heteroatoms. The number of nitrogens with zero attached hydrogens (tertiary/aromatic N) is 1. The number of rotatable bonds is 6. The van der Waals surface area contributed by atoms with E-state index < -0.39 is 0 Å². The van der Waals surface area contributed by atoms with Crippen LogP contribution in [0.1, 0.15) is 23.6 Å². The van der Waals surface area contributed by atoms with Gasteiger partial charge in [-0.1, -0.05) is 52.7 Å². The van der Waals surface area contributed by atoms with Gasteiger partial charge >= 0.3 is 0 Å². The van der Waals surface area contributed by atoms with Gasteiger partial charge in [-0.3, -0.25) is 0 Å². The quantitative estimate of drug-likeness (QED) is 0.828. The van der Waals surface area contributed by atoms with Crippen LogP contribution in [-0.2, 0) is 13.1 Å². The van der Waals surface area contributed by atoms with Crippen LogP contribution in [0.4, 0.5) is 5.69 Å². The summed E-state index contributed by atoms with van der Waals surface area (Å²) in [7, 11) is 2.15. The fourth-order valence-electron chi connectivity index (χ4n) is 2.50. The van der Waals surface area contributed by atoms with E-state index in [4.69, 9.17) is 0 Å². The summed E-state index contributed by atoms with van der Waals surface area (Å²) in [6, 6.07) is 15.2. The molecule has 0 heterocycles. The van der Waals surface area contributed by atoms with Crippen molar-refractivity contribution in [1.82, 2.24) is 5.32 Å². The zero-order valence-corrected chi connectivity index (χ0v) is 14.6. The Bertz CT molecular complexity index is 596. The van der Waals surface area contributed by atoms with Gasteiger partial charge in [-0.25, -0.2) is 0 Å². The summed E-state index contributed by atoms with van der Waals surface area (Å²) < 4.78 is 1.13. The van der Waals surface area contributed by atoms with Gasteiger partial charge in [0.1, 0.15) is 0 Å². The first-order valence-corrected chi connectivity index (χ1v) is 8.15. The largest absolute Gasteiger partial charge is 0.370 e. The summed E-state index contributed by atoms with van der Waals surface area (Å²) in [6.07, 6.45) is 0. The van der Waals surface area contributed by atoms with Crippen LogP contribution in [0.5, 0.6) is 0 Å². The summed E-state index contributed by atoms with van der Waals surface area (Å²) in [6.45, 7) is 7.06. The molecule has 0 bridgehead atoms. The van der Waals surface area contributed by atoms with Gasteiger partial charge in [0.05, 0.1) is 0 Å². The molecular weight excluding hydrogens is 324 g/mol. The molecule has 2 rings (SSSR count). The molecule has 0 unspecified atom stereocenters. The minimum Gasteiger partial charge on any atom is -0.370 e. The maximum Gasteiger partial charge on any atom is 0.0426 e. The van der Waals surface area contributed by atoms with Gasteiger partial charge in [-0.2, -0.15) is 0 Å². The van der Waals surface area contributed by atoms with E-state index in [1.54, 1.807) is 0 Å². The highest BCUT2D eigenvalue weighted by molar-refractivity contribution is 9.10. The van der Waals surface area contributed by atoms with Crippen LogP contribution >= 0.6 is 15.9 Å². The maximum atomic E-state index is 3.57. The Morgan fingerprint density at radius 1 is 1.14 bits per heavy atom. The van der Waals surface area contributed by atoms with E-state index in [9.17, 15) is 0 Å². The Kier molecular flexibility index (Phi) is 5.83. The van der Waals surface area contributed by atoms with E-state index in [1.165, 1.54) is 22.4 Å². The predicted octanol–water partition coefficient (Wildman–Crippen LogP) is 4.50. The van der Waals surface area contributed by atoms with Crippen LogP contribution < -0.4 is 10.2 Å². The molecule has 0 radical (unpaired) electrons. The number of halogens is 1. The van der Waals surface area contributed by atoms with Crippen LogP contribution in [0.25, 0.3) is 0 Å². The summed E-state index contributed by atoms with van der Waals surface area (Å²) >= 11 is 3.57. The molecule has 0 fully saturated rings. The maximum absolute atomic E-state index is 3.57. The Labute approximate surface area is 136 Å². The molecule has 0 aliphatic heterocycles. The number of benzene rings is 2. The van der Waals surface area contributed by atoms with Crippen LogP contribution in [0.2, 0.25) is 0 Å². The van der Waals surface area contributed by atoms with Gasteiger partial charge in [0.15, 0.2) is 0 Å². The number of aryl methyl sites for hydroxylation is 1. The van der Waals surface area contributed by atoms with Crippen molar-refractivity contribution in [3.05, 3.63) is 63.6 Å².